The lowest BCUT2D eigenvalue weighted by atomic mass is 9.69. The van der Waals surface area contributed by atoms with Crippen molar-refractivity contribution in [1.29, 1.82) is 0 Å². The number of halogens is 1. The third kappa shape index (κ3) is 5.03. The van der Waals surface area contributed by atoms with E-state index >= 15 is 0 Å². The number of carbonyl (C=O) groups is 2. The number of hydrogen-bond donors (Lipinski definition) is 2. The van der Waals surface area contributed by atoms with Gasteiger partial charge < -0.3 is 16.0 Å². The highest BCUT2D eigenvalue weighted by Gasteiger charge is 2.50. The summed E-state index contributed by atoms with van der Waals surface area (Å²) in [7, 11) is 1.72. The number of carbonyl (C=O) groups excluding carboxylic acids is 2. The summed E-state index contributed by atoms with van der Waals surface area (Å²) in [5.74, 6) is -1.07. The third-order valence-electron chi connectivity index (χ3n) is 7.73. The lowest BCUT2D eigenvalue weighted by molar-refractivity contribution is -0.147. The summed E-state index contributed by atoms with van der Waals surface area (Å²) < 4.78 is 13.2. The summed E-state index contributed by atoms with van der Waals surface area (Å²) in [6.07, 6.45) is 7.61. The second kappa shape index (κ2) is 10.5. The number of nitrogens with zero attached hydrogens (tertiary/aromatic N) is 2. The van der Waals surface area contributed by atoms with Crippen LogP contribution in [0.15, 0.2) is 29.6 Å². The van der Waals surface area contributed by atoms with Crippen LogP contribution in [0, 0.1) is 17.7 Å². The molecule has 4 rings (SSSR count). The van der Waals surface area contributed by atoms with Crippen LogP contribution in [0.4, 0.5) is 4.39 Å². The Bertz CT molecular complexity index is 1000. The molecular formula is C26H35FN4O2S. The monoisotopic (exact) mass is 486 g/mol. The number of amides is 2. The SMILES string of the molecule is CNC(C)(C(N)=O)[C@@H](C(=O)N1CCC[C@H]1c1nc(Cc2ccc(F)cc2)cs1)C1CCCCC1. The van der Waals surface area contributed by atoms with E-state index in [1.54, 1.807) is 37.4 Å². The molecule has 2 aromatic rings. The summed E-state index contributed by atoms with van der Waals surface area (Å²) >= 11 is 1.57. The molecule has 1 aromatic heterocycles. The minimum atomic E-state index is -1.09. The van der Waals surface area contributed by atoms with Crippen LogP contribution in [0.3, 0.4) is 0 Å². The molecule has 3 N–H and O–H groups in total. The van der Waals surface area contributed by atoms with E-state index in [1.165, 1.54) is 18.6 Å². The minimum Gasteiger partial charge on any atom is -0.368 e. The van der Waals surface area contributed by atoms with Crippen LogP contribution in [0.5, 0.6) is 0 Å². The van der Waals surface area contributed by atoms with Gasteiger partial charge in [-0.25, -0.2) is 9.37 Å². The Morgan fingerprint density at radius 3 is 2.56 bits per heavy atom. The van der Waals surface area contributed by atoms with E-state index in [-0.39, 0.29) is 23.7 Å². The fourth-order valence-electron chi connectivity index (χ4n) is 5.65. The maximum absolute atomic E-state index is 14.1. The summed E-state index contributed by atoms with van der Waals surface area (Å²) in [6, 6.07) is 6.39. The van der Waals surface area contributed by atoms with Gasteiger partial charge >= 0.3 is 0 Å². The number of nitrogens with two attached hydrogens (primary N) is 1. The number of rotatable bonds is 8. The molecule has 1 aliphatic carbocycles. The van der Waals surface area contributed by atoms with Gasteiger partial charge in [0.2, 0.25) is 11.8 Å². The van der Waals surface area contributed by atoms with Crippen molar-refractivity contribution >= 4 is 23.2 Å². The molecule has 1 unspecified atom stereocenters. The van der Waals surface area contributed by atoms with Gasteiger partial charge in [0.15, 0.2) is 0 Å². The zero-order valence-corrected chi connectivity index (χ0v) is 20.9. The zero-order valence-electron chi connectivity index (χ0n) is 20.1. The van der Waals surface area contributed by atoms with Crippen LogP contribution in [-0.4, -0.2) is 40.8 Å². The van der Waals surface area contributed by atoms with Crippen molar-refractivity contribution in [2.45, 2.75) is 69.9 Å². The average Bonchev–Trinajstić information content (AvgIpc) is 3.50. The second-order valence-electron chi connectivity index (χ2n) is 9.86. The molecule has 1 aromatic carbocycles. The van der Waals surface area contributed by atoms with Crippen molar-refractivity contribution in [1.82, 2.24) is 15.2 Å². The van der Waals surface area contributed by atoms with Gasteiger partial charge in [-0.1, -0.05) is 31.4 Å². The van der Waals surface area contributed by atoms with E-state index in [0.29, 0.717) is 13.0 Å². The van der Waals surface area contributed by atoms with Crippen LogP contribution < -0.4 is 11.1 Å². The van der Waals surface area contributed by atoms with Gasteiger partial charge in [-0.3, -0.25) is 9.59 Å². The largest absolute Gasteiger partial charge is 0.368 e. The van der Waals surface area contributed by atoms with Crippen LogP contribution in [0.1, 0.15) is 74.2 Å². The van der Waals surface area contributed by atoms with Crippen molar-refractivity contribution in [3.63, 3.8) is 0 Å². The Balaban J connectivity index is 1.57. The zero-order chi connectivity index (χ0) is 24.3. The molecular weight excluding hydrogens is 451 g/mol. The molecule has 2 amide bonds. The third-order valence-corrected chi connectivity index (χ3v) is 8.72. The summed E-state index contributed by atoms with van der Waals surface area (Å²) in [4.78, 5) is 33.4. The predicted molar refractivity (Wildman–Crippen MR) is 132 cm³/mol. The number of likely N-dealkylation sites (N-methyl/N-ethyl adjacent to an activating group) is 1. The molecule has 2 aliphatic rings. The van der Waals surface area contributed by atoms with Crippen molar-refractivity contribution in [2.75, 3.05) is 13.6 Å². The van der Waals surface area contributed by atoms with Gasteiger partial charge in [-0.05, 0) is 63.3 Å². The smallest absolute Gasteiger partial charge is 0.238 e. The van der Waals surface area contributed by atoms with Gasteiger partial charge in [-0.2, -0.15) is 0 Å². The van der Waals surface area contributed by atoms with Crippen LogP contribution in [0.2, 0.25) is 0 Å². The molecule has 1 saturated carbocycles. The molecule has 0 radical (unpaired) electrons. The van der Waals surface area contributed by atoms with Gasteiger partial charge in [0.1, 0.15) is 16.4 Å². The number of likely N-dealkylation sites (tertiary alicyclic amines) is 1. The van der Waals surface area contributed by atoms with Crippen molar-refractivity contribution in [3.05, 3.63) is 51.7 Å². The normalized spacial score (nSPS) is 21.9. The lowest BCUT2D eigenvalue weighted by Crippen LogP contribution is -2.63. The van der Waals surface area contributed by atoms with Crippen LogP contribution >= 0.6 is 11.3 Å². The number of thiazole rings is 1. The van der Waals surface area contributed by atoms with Crippen molar-refractivity contribution in [3.8, 4) is 0 Å². The molecule has 2 heterocycles. The predicted octanol–water partition coefficient (Wildman–Crippen LogP) is 4.20. The van der Waals surface area contributed by atoms with E-state index in [0.717, 1.165) is 54.8 Å². The lowest BCUT2D eigenvalue weighted by Gasteiger charge is -2.42. The Morgan fingerprint density at radius 1 is 1.21 bits per heavy atom. The molecule has 184 valence electrons. The molecule has 1 saturated heterocycles. The number of hydrogen-bond acceptors (Lipinski definition) is 5. The highest BCUT2D eigenvalue weighted by molar-refractivity contribution is 7.09. The minimum absolute atomic E-state index is 0.0142. The summed E-state index contributed by atoms with van der Waals surface area (Å²) in [6.45, 7) is 2.44. The quantitative estimate of drug-likeness (QED) is 0.585. The fraction of sp³-hybridized carbons (Fsp3) is 0.577. The topological polar surface area (TPSA) is 88.3 Å². The maximum Gasteiger partial charge on any atom is 0.238 e. The van der Waals surface area contributed by atoms with Crippen LogP contribution in [0.25, 0.3) is 0 Å². The Hall–Kier alpha value is -2.32. The van der Waals surface area contributed by atoms with Gasteiger partial charge in [0.05, 0.1) is 17.7 Å². The average molecular weight is 487 g/mol. The molecule has 0 bridgehead atoms. The second-order valence-corrected chi connectivity index (χ2v) is 10.8. The number of primary amides is 1. The fourth-order valence-corrected chi connectivity index (χ4v) is 6.62. The van der Waals surface area contributed by atoms with Gasteiger partial charge in [0.25, 0.3) is 0 Å². The first-order valence-electron chi connectivity index (χ1n) is 12.3. The van der Waals surface area contributed by atoms with Crippen LogP contribution in [-0.2, 0) is 16.0 Å². The first kappa shape index (κ1) is 24.8. The molecule has 3 atom stereocenters. The molecule has 1 aliphatic heterocycles. The number of nitrogens with one attached hydrogen (secondary N) is 1. The van der Waals surface area contributed by atoms with E-state index in [9.17, 15) is 14.0 Å². The highest BCUT2D eigenvalue weighted by Crippen LogP contribution is 2.41. The van der Waals surface area contributed by atoms with E-state index < -0.39 is 17.4 Å². The molecule has 8 heteroatoms. The summed E-state index contributed by atoms with van der Waals surface area (Å²) in [5.41, 5.74) is 6.68. The van der Waals surface area contributed by atoms with E-state index in [4.69, 9.17) is 10.7 Å². The van der Waals surface area contributed by atoms with E-state index in [1.807, 2.05) is 10.3 Å². The first-order chi connectivity index (χ1) is 16.3. The van der Waals surface area contributed by atoms with Crippen molar-refractivity contribution in [2.24, 2.45) is 17.6 Å². The number of benzene rings is 1. The Morgan fingerprint density at radius 2 is 1.91 bits per heavy atom. The van der Waals surface area contributed by atoms with E-state index in [2.05, 4.69) is 5.32 Å². The number of aromatic nitrogens is 1. The molecule has 2 fully saturated rings. The van der Waals surface area contributed by atoms with Crippen molar-refractivity contribution < 1.29 is 14.0 Å². The van der Waals surface area contributed by atoms with Gasteiger partial charge in [-0.15, -0.1) is 11.3 Å². The Kier molecular flexibility index (Phi) is 7.67. The Labute approximate surface area is 205 Å². The molecule has 0 spiro atoms. The molecule has 34 heavy (non-hydrogen) atoms. The maximum atomic E-state index is 14.1. The summed E-state index contributed by atoms with van der Waals surface area (Å²) in [5, 5.41) is 6.06. The standard InChI is InChI=1S/C26H35FN4O2S/c1-26(29-2,25(28)33)22(18-7-4-3-5-8-18)24(32)31-14-6-9-21(31)23-30-20(16-34-23)15-17-10-12-19(27)13-11-17/h10-13,16,18,21-22,29H,3-9,14-15H2,1-2H3,(H2,28,33)/t21-,22+,26?/m0/s1. The highest BCUT2D eigenvalue weighted by atomic mass is 32.1. The first-order valence-corrected chi connectivity index (χ1v) is 13.2. The van der Waals surface area contributed by atoms with Gasteiger partial charge in [0, 0.05) is 18.3 Å². The molecule has 6 nitrogen and oxygen atoms in total.